The van der Waals surface area contributed by atoms with Gasteiger partial charge in [-0.15, -0.1) is 11.3 Å². The summed E-state index contributed by atoms with van der Waals surface area (Å²) in [5, 5.41) is 11.8. The van der Waals surface area contributed by atoms with Crippen molar-refractivity contribution in [2.75, 3.05) is 0 Å². The van der Waals surface area contributed by atoms with Gasteiger partial charge in [0.1, 0.15) is 0 Å². The first kappa shape index (κ1) is 13.7. The largest absolute Gasteiger partial charge is 0.310 e. The zero-order chi connectivity index (χ0) is 14.0. The molecule has 3 rings (SSSR count). The van der Waals surface area contributed by atoms with Crippen molar-refractivity contribution >= 4 is 21.4 Å². The van der Waals surface area contributed by atoms with E-state index in [0.717, 1.165) is 17.7 Å². The lowest BCUT2D eigenvalue weighted by atomic mass is 10.3. The normalized spacial score (nSPS) is 15.6. The number of thiophene rings is 1. The molecule has 20 heavy (non-hydrogen) atoms. The topological polar surface area (TPSA) is 86.9 Å². The van der Waals surface area contributed by atoms with Gasteiger partial charge in [0.2, 0.25) is 0 Å². The summed E-state index contributed by atoms with van der Waals surface area (Å²) in [6.07, 6.45) is 3.89. The van der Waals surface area contributed by atoms with Crippen molar-refractivity contribution < 1.29 is 8.42 Å². The maximum atomic E-state index is 12.3. The maximum absolute atomic E-state index is 12.3. The fourth-order valence-corrected chi connectivity index (χ4v) is 3.72. The van der Waals surface area contributed by atoms with Gasteiger partial charge in [0, 0.05) is 29.6 Å². The quantitative estimate of drug-likeness (QED) is 0.717. The Balaban J connectivity index is 1.68. The summed E-state index contributed by atoms with van der Waals surface area (Å²) in [5.74, 6) is 0. The Hall–Kier alpha value is -1.22. The van der Waals surface area contributed by atoms with Gasteiger partial charge in [-0.2, -0.15) is 5.10 Å². The zero-order valence-electron chi connectivity index (χ0n) is 10.8. The van der Waals surface area contributed by atoms with E-state index < -0.39 is 10.0 Å². The molecule has 2 heterocycles. The number of nitrogens with zero attached hydrogens (tertiary/aromatic N) is 1. The van der Waals surface area contributed by atoms with E-state index in [1.807, 2.05) is 17.5 Å². The summed E-state index contributed by atoms with van der Waals surface area (Å²) in [7, 11) is -3.55. The van der Waals surface area contributed by atoms with Crippen LogP contribution in [0.4, 0.5) is 0 Å². The van der Waals surface area contributed by atoms with Crippen molar-refractivity contribution in [3.8, 4) is 0 Å². The predicted octanol–water partition coefficient (Wildman–Crippen LogP) is 1.20. The third kappa shape index (κ3) is 3.26. The van der Waals surface area contributed by atoms with Crippen molar-refractivity contribution in [3.05, 3.63) is 34.2 Å². The summed E-state index contributed by atoms with van der Waals surface area (Å²) < 4.78 is 27.1. The van der Waals surface area contributed by atoms with Crippen LogP contribution in [-0.2, 0) is 23.1 Å². The van der Waals surface area contributed by atoms with E-state index in [-0.39, 0.29) is 5.03 Å². The monoisotopic (exact) mass is 312 g/mol. The Morgan fingerprint density at radius 2 is 2.25 bits per heavy atom. The molecule has 108 valence electrons. The van der Waals surface area contributed by atoms with Gasteiger partial charge in [0.05, 0.1) is 6.20 Å². The standard InChI is InChI=1S/C12H16N4O2S2/c17-20(18,15-8-11-2-1-5-19-11)12-9(7-14-16-12)6-13-10-3-4-10/h1-2,5,7,10,13,15H,3-4,6,8H2,(H,14,16). The van der Waals surface area contributed by atoms with Crippen LogP contribution in [0.3, 0.4) is 0 Å². The first-order valence-corrected chi connectivity index (χ1v) is 8.79. The number of hydrogen-bond donors (Lipinski definition) is 3. The Morgan fingerprint density at radius 1 is 1.40 bits per heavy atom. The smallest absolute Gasteiger partial charge is 0.258 e. The van der Waals surface area contributed by atoms with E-state index in [9.17, 15) is 8.42 Å². The molecule has 0 amide bonds. The van der Waals surface area contributed by atoms with E-state index in [1.165, 1.54) is 11.3 Å². The summed E-state index contributed by atoms with van der Waals surface area (Å²) >= 11 is 1.52. The second-order valence-corrected chi connectivity index (χ2v) is 7.52. The minimum atomic E-state index is -3.55. The molecule has 0 aliphatic heterocycles. The molecule has 1 fully saturated rings. The molecule has 0 radical (unpaired) electrons. The molecule has 3 N–H and O–H groups in total. The Labute approximate surface area is 121 Å². The third-order valence-corrected chi connectivity index (χ3v) is 5.41. The SMILES string of the molecule is O=S(=O)(NCc1cccs1)c1[nH]ncc1CNC1CC1. The second-order valence-electron chi connectivity index (χ2n) is 4.78. The first-order valence-electron chi connectivity index (χ1n) is 6.43. The number of nitrogens with one attached hydrogen (secondary N) is 3. The highest BCUT2D eigenvalue weighted by Crippen LogP contribution is 2.20. The summed E-state index contributed by atoms with van der Waals surface area (Å²) in [5.41, 5.74) is 0.676. The summed E-state index contributed by atoms with van der Waals surface area (Å²) in [6, 6.07) is 4.32. The first-order chi connectivity index (χ1) is 9.65. The van der Waals surface area contributed by atoms with Crippen molar-refractivity contribution in [2.24, 2.45) is 0 Å². The van der Waals surface area contributed by atoms with Crippen LogP contribution >= 0.6 is 11.3 Å². The van der Waals surface area contributed by atoms with E-state index in [0.29, 0.717) is 24.7 Å². The molecule has 0 atom stereocenters. The number of H-pyrrole nitrogens is 1. The highest BCUT2D eigenvalue weighted by Gasteiger charge is 2.24. The van der Waals surface area contributed by atoms with Gasteiger partial charge in [-0.05, 0) is 24.3 Å². The number of aromatic amines is 1. The van der Waals surface area contributed by atoms with Crippen LogP contribution in [0.15, 0.2) is 28.7 Å². The van der Waals surface area contributed by atoms with E-state index in [1.54, 1.807) is 6.20 Å². The van der Waals surface area contributed by atoms with Crippen LogP contribution in [-0.4, -0.2) is 24.7 Å². The maximum Gasteiger partial charge on any atom is 0.258 e. The fourth-order valence-electron chi connectivity index (χ4n) is 1.85. The summed E-state index contributed by atoms with van der Waals surface area (Å²) in [4.78, 5) is 0.978. The zero-order valence-corrected chi connectivity index (χ0v) is 12.4. The van der Waals surface area contributed by atoms with Gasteiger partial charge in [0.15, 0.2) is 5.03 Å². The molecule has 0 aromatic carbocycles. The van der Waals surface area contributed by atoms with Crippen LogP contribution in [0.2, 0.25) is 0 Å². The van der Waals surface area contributed by atoms with Crippen LogP contribution in [0.5, 0.6) is 0 Å². The van der Waals surface area contributed by atoms with Gasteiger partial charge in [-0.1, -0.05) is 6.07 Å². The number of aromatic nitrogens is 2. The molecule has 0 spiro atoms. The van der Waals surface area contributed by atoms with Gasteiger partial charge < -0.3 is 5.32 Å². The molecule has 2 aromatic rings. The Kier molecular flexibility index (Phi) is 3.88. The molecular weight excluding hydrogens is 296 g/mol. The van der Waals surface area contributed by atoms with Gasteiger partial charge in [0.25, 0.3) is 10.0 Å². The third-order valence-electron chi connectivity index (χ3n) is 3.12. The average Bonchev–Trinajstić information content (AvgIpc) is 2.94. The summed E-state index contributed by atoms with van der Waals surface area (Å²) in [6.45, 7) is 0.824. The minimum absolute atomic E-state index is 0.155. The highest BCUT2D eigenvalue weighted by atomic mass is 32.2. The lowest BCUT2D eigenvalue weighted by Crippen LogP contribution is -2.25. The molecule has 6 nitrogen and oxygen atoms in total. The number of rotatable bonds is 7. The van der Waals surface area contributed by atoms with Crippen LogP contribution in [0.25, 0.3) is 0 Å². The molecule has 1 saturated carbocycles. The molecule has 1 aliphatic carbocycles. The van der Waals surface area contributed by atoms with Crippen LogP contribution in [0.1, 0.15) is 23.3 Å². The van der Waals surface area contributed by atoms with Crippen molar-refractivity contribution in [2.45, 2.75) is 37.0 Å². The van der Waals surface area contributed by atoms with E-state index in [2.05, 4.69) is 20.2 Å². The fraction of sp³-hybridized carbons (Fsp3) is 0.417. The number of sulfonamides is 1. The van der Waals surface area contributed by atoms with Gasteiger partial charge >= 0.3 is 0 Å². The Bertz CT molecular complexity index is 659. The van der Waals surface area contributed by atoms with E-state index >= 15 is 0 Å². The van der Waals surface area contributed by atoms with Gasteiger partial charge in [-0.3, -0.25) is 5.10 Å². The molecule has 8 heteroatoms. The minimum Gasteiger partial charge on any atom is -0.310 e. The average molecular weight is 312 g/mol. The number of hydrogen-bond acceptors (Lipinski definition) is 5. The van der Waals surface area contributed by atoms with Crippen molar-refractivity contribution in [1.82, 2.24) is 20.2 Å². The lowest BCUT2D eigenvalue weighted by molar-refractivity contribution is 0.574. The molecule has 0 unspecified atom stereocenters. The molecule has 0 bridgehead atoms. The molecule has 1 aliphatic rings. The molecule has 0 saturated heterocycles. The highest BCUT2D eigenvalue weighted by molar-refractivity contribution is 7.89. The Morgan fingerprint density at radius 3 is 2.95 bits per heavy atom. The van der Waals surface area contributed by atoms with E-state index in [4.69, 9.17) is 0 Å². The molecular formula is C12H16N4O2S2. The van der Waals surface area contributed by atoms with Crippen molar-refractivity contribution in [3.63, 3.8) is 0 Å². The van der Waals surface area contributed by atoms with Crippen LogP contribution in [0, 0.1) is 0 Å². The second kappa shape index (κ2) is 5.65. The predicted molar refractivity (Wildman–Crippen MR) is 76.8 cm³/mol. The lowest BCUT2D eigenvalue weighted by Gasteiger charge is -2.07. The van der Waals surface area contributed by atoms with Gasteiger partial charge in [-0.25, -0.2) is 13.1 Å². The van der Waals surface area contributed by atoms with Crippen LogP contribution < -0.4 is 10.0 Å². The van der Waals surface area contributed by atoms with Crippen molar-refractivity contribution in [1.29, 1.82) is 0 Å². The molecule has 2 aromatic heterocycles.